The molecule has 0 saturated carbocycles. The molecule has 23 heavy (non-hydrogen) atoms. The Morgan fingerprint density at radius 3 is 2.65 bits per heavy atom. The zero-order chi connectivity index (χ0) is 17.2. The van der Waals surface area contributed by atoms with E-state index in [0.29, 0.717) is 35.5 Å². The van der Waals surface area contributed by atoms with E-state index in [-0.39, 0.29) is 19.6 Å². The van der Waals surface area contributed by atoms with E-state index in [1.54, 1.807) is 26.0 Å². The average molecular weight is 324 g/mol. The zero-order valence-electron chi connectivity index (χ0n) is 13.8. The van der Waals surface area contributed by atoms with Crippen LogP contribution in [0.2, 0.25) is 0 Å². The quantitative estimate of drug-likeness (QED) is 0.525. The molecule has 1 aromatic rings. The normalized spacial score (nSPS) is 11.7. The molecule has 0 radical (unpaired) electrons. The van der Waals surface area contributed by atoms with Gasteiger partial charge in [0.05, 0.1) is 31.3 Å². The number of hydrogen-bond acceptors (Lipinski definition) is 6. The first kappa shape index (κ1) is 19.0. The Labute approximate surface area is 136 Å². The highest BCUT2D eigenvalue weighted by molar-refractivity contribution is 5.81. The Hall–Kier alpha value is -2.08. The summed E-state index contributed by atoms with van der Waals surface area (Å²) in [5, 5.41) is 9.83. The maximum Gasteiger partial charge on any atom is 0.308 e. The molecule has 1 aromatic carbocycles. The van der Waals surface area contributed by atoms with Gasteiger partial charge in [-0.3, -0.25) is 9.59 Å². The van der Waals surface area contributed by atoms with Crippen molar-refractivity contribution in [1.29, 1.82) is 0 Å². The summed E-state index contributed by atoms with van der Waals surface area (Å²) in [5.74, 6) is 0.500. The lowest BCUT2D eigenvalue weighted by Gasteiger charge is -2.17. The van der Waals surface area contributed by atoms with Gasteiger partial charge in [-0.1, -0.05) is 6.92 Å². The van der Waals surface area contributed by atoms with Gasteiger partial charge in [-0.2, -0.15) is 0 Å². The van der Waals surface area contributed by atoms with E-state index >= 15 is 0 Å². The SMILES string of the molecule is CCCOc1ccc(C=O)c(OC[C@H](O)CC(=O)OCC)c1C. The fraction of sp³-hybridized carbons (Fsp3) is 0.529. The van der Waals surface area contributed by atoms with Crippen LogP contribution in [0.15, 0.2) is 12.1 Å². The van der Waals surface area contributed by atoms with Crippen molar-refractivity contribution in [3.8, 4) is 11.5 Å². The number of aldehydes is 1. The molecule has 1 atom stereocenters. The number of benzene rings is 1. The predicted octanol–water partition coefficient (Wildman–Crippen LogP) is 2.29. The highest BCUT2D eigenvalue weighted by Crippen LogP contribution is 2.31. The Morgan fingerprint density at radius 2 is 2.04 bits per heavy atom. The number of ether oxygens (including phenoxy) is 3. The second-order valence-corrected chi connectivity index (χ2v) is 5.05. The lowest BCUT2D eigenvalue weighted by Crippen LogP contribution is -2.23. The van der Waals surface area contributed by atoms with Crippen LogP contribution in [-0.2, 0) is 9.53 Å². The van der Waals surface area contributed by atoms with E-state index in [1.165, 1.54) is 0 Å². The molecule has 0 aliphatic heterocycles. The van der Waals surface area contributed by atoms with Crippen molar-refractivity contribution in [2.75, 3.05) is 19.8 Å². The van der Waals surface area contributed by atoms with Crippen molar-refractivity contribution in [3.63, 3.8) is 0 Å². The largest absolute Gasteiger partial charge is 0.493 e. The Kier molecular flexibility index (Phi) is 8.11. The molecule has 1 rings (SSSR count). The third-order valence-electron chi connectivity index (χ3n) is 3.10. The molecular weight excluding hydrogens is 300 g/mol. The van der Waals surface area contributed by atoms with Crippen molar-refractivity contribution < 1.29 is 28.9 Å². The lowest BCUT2D eigenvalue weighted by molar-refractivity contribution is -0.145. The van der Waals surface area contributed by atoms with Crippen LogP contribution in [0.1, 0.15) is 42.6 Å². The van der Waals surface area contributed by atoms with Gasteiger partial charge in [-0.15, -0.1) is 0 Å². The zero-order valence-corrected chi connectivity index (χ0v) is 13.8. The van der Waals surface area contributed by atoms with Crippen molar-refractivity contribution >= 4 is 12.3 Å². The van der Waals surface area contributed by atoms with Gasteiger partial charge in [-0.05, 0) is 32.4 Å². The van der Waals surface area contributed by atoms with Crippen LogP contribution >= 0.6 is 0 Å². The highest BCUT2D eigenvalue weighted by atomic mass is 16.5. The number of aliphatic hydroxyl groups excluding tert-OH is 1. The van der Waals surface area contributed by atoms with Crippen molar-refractivity contribution in [3.05, 3.63) is 23.3 Å². The number of hydrogen-bond donors (Lipinski definition) is 1. The van der Waals surface area contributed by atoms with Gasteiger partial charge in [0, 0.05) is 5.56 Å². The van der Waals surface area contributed by atoms with E-state index in [1.807, 2.05) is 6.92 Å². The molecule has 0 amide bonds. The molecule has 0 unspecified atom stereocenters. The van der Waals surface area contributed by atoms with Gasteiger partial charge >= 0.3 is 5.97 Å². The molecule has 0 saturated heterocycles. The minimum Gasteiger partial charge on any atom is -0.493 e. The minimum atomic E-state index is -1.01. The van der Waals surface area contributed by atoms with E-state index in [9.17, 15) is 14.7 Å². The molecule has 128 valence electrons. The average Bonchev–Trinajstić information content (AvgIpc) is 2.52. The minimum absolute atomic E-state index is 0.113. The van der Waals surface area contributed by atoms with Crippen LogP contribution in [0, 0.1) is 6.92 Å². The van der Waals surface area contributed by atoms with Gasteiger partial charge in [0.1, 0.15) is 18.1 Å². The van der Waals surface area contributed by atoms with Crippen molar-refractivity contribution in [2.45, 2.75) is 39.7 Å². The summed E-state index contributed by atoms with van der Waals surface area (Å²) < 4.78 is 15.9. The molecule has 0 bridgehead atoms. The lowest BCUT2D eigenvalue weighted by atomic mass is 10.1. The summed E-state index contributed by atoms with van der Waals surface area (Å²) >= 11 is 0. The van der Waals surface area contributed by atoms with E-state index in [0.717, 1.165) is 6.42 Å². The van der Waals surface area contributed by atoms with Crippen LogP contribution in [0.5, 0.6) is 11.5 Å². The predicted molar refractivity (Wildman–Crippen MR) is 85.1 cm³/mol. The van der Waals surface area contributed by atoms with E-state index in [4.69, 9.17) is 14.2 Å². The van der Waals surface area contributed by atoms with E-state index in [2.05, 4.69) is 0 Å². The monoisotopic (exact) mass is 324 g/mol. The van der Waals surface area contributed by atoms with Crippen LogP contribution in [0.4, 0.5) is 0 Å². The first-order chi connectivity index (χ1) is 11.0. The Bertz CT molecular complexity index is 526. The van der Waals surface area contributed by atoms with Gasteiger partial charge < -0.3 is 19.3 Å². The van der Waals surface area contributed by atoms with E-state index < -0.39 is 12.1 Å². The maximum atomic E-state index is 11.3. The molecular formula is C17H24O6. The number of carbonyl (C=O) groups excluding carboxylic acids is 2. The Morgan fingerprint density at radius 1 is 1.30 bits per heavy atom. The fourth-order valence-corrected chi connectivity index (χ4v) is 2.00. The third kappa shape index (κ3) is 5.90. The van der Waals surface area contributed by atoms with Crippen molar-refractivity contribution in [1.82, 2.24) is 0 Å². The number of carbonyl (C=O) groups is 2. The molecule has 0 fully saturated rings. The molecule has 0 heterocycles. The van der Waals surface area contributed by atoms with Crippen LogP contribution < -0.4 is 9.47 Å². The molecule has 0 aliphatic carbocycles. The Balaban J connectivity index is 2.77. The standard InChI is InChI=1S/C17H24O6/c1-4-8-22-15-7-6-13(10-18)17(12(15)3)23-11-14(19)9-16(20)21-5-2/h6-7,10,14,19H,4-5,8-9,11H2,1-3H3/t14-/m1/s1. The molecule has 0 aromatic heterocycles. The second kappa shape index (κ2) is 9.84. The van der Waals surface area contributed by atoms with Crippen LogP contribution in [0.25, 0.3) is 0 Å². The summed E-state index contributed by atoms with van der Waals surface area (Å²) in [5.41, 5.74) is 1.06. The summed E-state index contributed by atoms with van der Waals surface area (Å²) in [6.45, 7) is 6.19. The van der Waals surface area contributed by atoms with Crippen molar-refractivity contribution in [2.24, 2.45) is 0 Å². The number of esters is 1. The molecule has 6 nitrogen and oxygen atoms in total. The van der Waals surface area contributed by atoms with Gasteiger partial charge in [0.2, 0.25) is 0 Å². The number of aliphatic hydroxyl groups is 1. The fourth-order valence-electron chi connectivity index (χ4n) is 2.00. The highest BCUT2D eigenvalue weighted by Gasteiger charge is 2.16. The summed E-state index contributed by atoms with van der Waals surface area (Å²) in [6.07, 6.45) is 0.385. The molecule has 6 heteroatoms. The van der Waals surface area contributed by atoms with Gasteiger partial charge in [-0.25, -0.2) is 0 Å². The van der Waals surface area contributed by atoms with Crippen LogP contribution in [-0.4, -0.2) is 43.3 Å². The molecule has 0 aliphatic rings. The first-order valence-electron chi connectivity index (χ1n) is 7.71. The number of rotatable bonds is 10. The summed E-state index contributed by atoms with van der Waals surface area (Å²) in [6, 6.07) is 3.33. The van der Waals surface area contributed by atoms with Gasteiger partial charge in [0.25, 0.3) is 0 Å². The van der Waals surface area contributed by atoms with Crippen LogP contribution in [0.3, 0.4) is 0 Å². The summed E-state index contributed by atoms with van der Waals surface area (Å²) in [4.78, 5) is 22.5. The third-order valence-corrected chi connectivity index (χ3v) is 3.10. The first-order valence-corrected chi connectivity index (χ1v) is 7.71. The maximum absolute atomic E-state index is 11.3. The molecule has 0 spiro atoms. The molecule has 1 N–H and O–H groups in total. The second-order valence-electron chi connectivity index (χ2n) is 5.05. The smallest absolute Gasteiger partial charge is 0.308 e. The topological polar surface area (TPSA) is 82.1 Å². The summed E-state index contributed by atoms with van der Waals surface area (Å²) in [7, 11) is 0. The van der Waals surface area contributed by atoms with Gasteiger partial charge in [0.15, 0.2) is 6.29 Å².